The van der Waals surface area contributed by atoms with Crippen molar-refractivity contribution in [1.29, 1.82) is 0 Å². The highest BCUT2D eigenvalue weighted by Crippen LogP contribution is 2.31. The maximum Gasteiger partial charge on any atom is 0.433 e. The highest BCUT2D eigenvalue weighted by Gasteiger charge is 2.33. The average molecular weight is 445 g/mol. The van der Waals surface area contributed by atoms with Crippen LogP contribution in [0.5, 0.6) is 0 Å². The number of hydrogen-bond acceptors (Lipinski definition) is 4. The van der Waals surface area contributed by atoms with Crippen LogP contribution in [-0.4, -0.2) is 29.1 Å². The lowest BCUT2D eigenvalue weighted by Gasteiger charge is -2.30. The lowest BCUT2D eigenvalue weighted by atomic mass is 10.1. The molecular weight excluding hydrogens is 423 g/mol. The van der Waals surface area contributed by atoms with Crippen molar-refractivity contribution in [3.8, 4) is 0 Å². The molecule has 0 bridgehead atoms. The molecule has 10 heteroatoms. The molecule has 0 atom stereocenters. The van der Waals surface area contributed by atoms with Gasteiger partial charge in [0.2, 0.25) is 0 Å². The number of aromatic amines is 1. The molecule has 0 aliphatic carbocycles. The minimum atomic E-state index is -4.54. The summed E-state index contributed by atoms with van der Waals surface area (Å²) in [5.74, 6) is 0.247. The van der Waals surface area contributed by atoms with E-state index in [1.165, 1.54) is 12.3 Å². The molecule has 0 unspecified atom stereocenters. The van der Waals surface area contributed by atoms with Crippen LogP contribution in [-0.2, 0) is 12.7 Å². The van der Waals surface area contributed by atoms with Crippen LogP contribution in [0.25, 0.3) is 10.8 Å². The van der Waals surface area contributed by atoms with Crippen LogP contribution in [0.15, 0.2) is 47.4 Å². The van der Waals surface area contributed by atoms with Crippen molar-refractivity contribution in [1.82, 2.24) is 15.3 Å². The zero-order valence-electron chi connectivity index (χ0n) is 17.1. The minimum absolute atomic E-state index is 0.00809. The van der Waals surface area contributed by atoms with E-state index in [-0.39, 0.29) is 17.9 Å². The molecule has 0 saturated carbocycles. The number of halogens is 3. The zero-order valence-corrected chi connectivity index (χ0v) is 17.1. The molecule has 2 aromatic heterocycles. The maximum absolute atomic E-state index is 13.2. The van der Waals surface area contributed by atoms with Crippen molar-refractivity contribution in [2.45, 2.75) is 32.0 Å². The fourth-order valence-electron chi connectivity index (χ4n) is 3.82. The molecule has 168 valence electrons. The molecule has 4 rings (SSSR count). The predicted molar refractivity (Wildman–Crippen MR) is 116 cm³/mol. The van der Waals surface area contributed by atoms with Crippen molar-refractivity contribution >= 4 is 28.3 Å². The number of fused-ring (bicyclic) bond motifs is 1. The van der Waals surface area contributed by atoms with Crippen molar-refractivity contribution in [2.75, 3.05) is 23.3 Å². The van der Waals surface area contributed by atoms with E-state index in [4.69, 9.17) is 0 Å². The van der Waals surface area contributed by atoms with Gasteiger partial charge in [-0.2, -0.15) is 13.2 Å². The van der Waals surface area contributed by atoms with E-state index in [0.717, 1.165) is 25.3 Å². The number of piperidine rings is 1. The summed E-state index contributed by atoms with van der Waals surface area (Å²) in [6.45, 7) is 1.25. The summed E-state index contributed by atoms with van der Waals surface area (Å²) in [6, 6.07) is 8.40. The molecule has 3 heterocycles. The second-order valence-electron chi connectivity index (χ2n) is 7.61. The third-order valence-electron chi connectivity index (χ3n) is 5.40. The highest BCUT2D eigenvalue weighted by molar-refractivity contribution is 6.01. The number of hydrogen-bond donors (Lipinski definition) is 3. The van der Waals surface area contributed by atoms with Gasteiger partial charge < -0.3 is 20.5 Å². The summed E-state index contributed by atoms with van der Waals surface area (Å²) in [7, 11) is 0. The Bertz CT molecular complexity index is 1190. The number of nitrogens with zero attached hydrogens (tertiary/aromatic N) is 2. The van der Waals surface area contributed by atoms with E-state index in [9.17, 15) is 22.8 Å². The molecule has 1 saturated heterocycles. The third-order valence-corrected chi connectivity index (χ3v) is 5.40. The Morgan fingerprint density at radius 1 is 1.06 bits per heavy atom. The quantitative estimate of drug-likeness (QED) is 0.560. The van der Waals surface area contributed by atoms with Crippen LogP contribution < -0.4 is 21.1 Å². The minimum Gasteiger partial charge on any atom is -0.356 e. The normalized spacial score (nSPS) is 14.4. The molecule has 3 aromatic rings. The van der Waals surface area contributed by atoms with E-state index in [2.05, 4.69) is 20.6 Å². The average Bonchev–Trinajstić information content (AvgIpc) is 2.78. The van der Waals surface area contributed by atoms with E-state index in [0.29, 0.717) is 35.1 Å². The molecule has 0 spiro atoms. The second kappa shape index (κ2) is 8.89. The summed E-state index contributed by atoms with van der Waals surface area (Å²) < 4.78 is 39.6. The van der Waals surface area contributed by atoms with Gasteiger partial charge in [0.15, 0.2) is 0 Å². The van der Waals surface area contributed by atoms with Crippen LogP contribution in [0.3, 0.4) is 0 Å². The molecule has 1 aromatic carbocycles. The number of H-pyrrole nitrogens is 1. The van der Waals surface area contributed by atoms with Crippen LogP contribution >= 0.6 is 0 Å². The van der Waals surface area contributed by atoms with Gasteiger partial charge in [-0.3, -0.25) is 4.79 Å². The summed E-state index contributed by atoms with van der Waals surface area (Å²) in [6.07, 6.45) is -0.261. The number of carbonyl (C=O) groups excluding carboxylic acids is 1. The van der Waals surface area contributed by atoms with Gasteiger partial charge in [0, 0.05) is 42.2 Å². The number of anilines is 2. The van der Waals surface area contributed by atoms with Crippen LogP contribution in [0, 0.1) is 0 Å². The van der Waals surface area contributed by atoms with Crippen molar-refractivity contribution in [3.05, 3.63) is 64.2 Å². The number of rotatable bonds is 4. The Kier molecular flexibility index (Phi) is 6.02. The fourth-order valence-corrected chi connectivity index (χ4v) is 3.82. The molecule has 1 aliphatic rings. The number of alkyl halides is 3. The SMILES string of the molecule is O=C(NCc1ccc(C(F)(F)F)nc1N1CCCCC1)Nc1cccc2c(=O)[nH]ccc12. The van der Waals surface area contributed by atoms with Gasteiger partial charge in [-0.15, -0.1) is 0 Å². The summed E-state index contributed by atoms with van der Waals surface area (Å²) in [5, 5.41) is 6.40. The molecular formula is C22H22F3N5O2. The van der Waals surface area contributed by atoms with Gasteiger partial charge in [-0.05, 0) is 43.5 Å². The summed E-state index contributed by atoms with van der Waals surface area (Å²) in [5.41, 5.74) is -0.266. The van der Waals surface area contributed by atoms with Gasteiger partial charge in [0.05, 0.1) is 5.69 Å². The number of urea groups is 1. The number of amides is 2. The van der Waals surface area contributed by atoms with Crippen LogP contribution in [0.2, 0.25) is 0 Å². The van der Waals surface area contributed by atoms with Crippen molar-refractivity contribution < 1.29 is 18.0 Å². The Balaban J connectivity index is 1.52. The standard InChI is InChI=1S/C22H22F3N5O2/c23-22(24,25)18-8-7-14(19(29-18)30-11-2-1-3-12-30)13-27-21(32)28-17-6-4-5-16-15(17)9-10-26-20(16)31/h4-10H,1-3,11-13H2,(H,26,31)(H2,27,28,32). The lowest BCUT2D eigenvalue weighted by molar-refractivity contribution is -0.141. The monoisotopic (exact) mass is 445 g/mol. The number of benzene rings is 1. The number of aromatic nitrogens is 2. The van der Waals surface area contributed by atoms with Gasteiger partial charge in [0.1, 0.15) is 11.5 Å². The third kappa shape index (κ3) is 4.68. The first-order chi connectivity index (χ1) is 15.3. The molecule has 1 fully saturated rings. The Morgan fingerprint density at radius 3 is 2.59 bits per heavy atom. The van der Waals surface area contributed by atoms with E-state index >= 15 is 0 Å². The maximum atomic E-state index is 13.2. The van der Waals surface area contributed by atoms with Crippen LogP contribution in [0.4, 0.5) is 29.5 Å². The predicted octanol–water partition coefficient (Wildman–Crippen LogP) is 4.25. The molecule has 3 N–H and O–H groups in total. The number of pyridine rings is 2. The van der Waals surface area contributed by atoms with Crippen LogP contribution in [0.1, 0.15) is 30.5 Å². The topological polar surface area (TPSA) is 90.1 Å². The first kappa shape index (κ1) is 21.7. The van der Waals surface area contributed by atoms with Crippen molar-refractivity contribution in [3.63, 3.8) is 0 Å². The molecule has 2 amide bonds. The largest absolute Gasteiger partial charge is 0.433 e. The fraction of sp³-hybridized carbons (Fsp3) is 0.318. The molecule has 0 radical (unpaired) electrons. The van der Waals surface area contributed by atoms with Gasteiger partial charge in [-0.1, -0.05) is 12.1 Å². The van der Waals surface area contributed by atoms with E-state index < -0.39 is 17.9 Å². The van der Waals surface area contributed by atoms with Gasteiger partial charge >= 0.3 is 12.2 Å². The Labute approximate surface area is 181 Å². The van der Waals surface area contributed by atoms with E-state index in [1.54, 1.807) is 24.3 Å². The number of nitrogens with one attached hydrogen (secondary N) is 3. The van der Waals surface area contributed by atoms with Crippen molar-refractivity contribution in [2.24, 2.45) is 0 Å². The first-order valence-electron chi connectivity index (χ1n) is 10.3. The first-order valence-corrected chi connectivity index (χ1v) is 10.3. The lowest BCUT2D eigenvalue weighted by Crippen LogP contribution is -2.33. The molecule has 1 aliphatic heterocycles. The summed E-state index contributed by atoms with van der Waals surface area (Å²) >= 11 is 0. The van der Waals surface area contributed by atoms with E-state index in [1.807, 2.05) is 4.90 Å². The molecule has 32 heavy (non-hydrogen) atoms. The van der Waals surface area contributed by atoms with Gasteiger partial charge in [0.25, 0.3) is 5.56 Å². The summed E-state index contributed by atoms with van der Waals surface area (Å²) in [4.78, 5) is 32.7. The molecule has 7 nitrogen and oxygen atoms in total. The second-order valence-corrected chi connectivity index (χ2v) is 7.61. The van der Waals surface area contributed by atoms with Gasteiger partial charge in [-0.25, -0.2) is 9.78 Å². The highest BCUT2D eigenvalue weighted by atomic mass is 19.4. The Hall–Kier alpha value is -3.56. The zero-order chi connectivity index (χ0) is 22.7. The number of carbonyl (C=O) groups is 1. The smallest absolute Gasteiger partial charge is 0.356 e. The Morgan fingerprint density at radius 2 is 1.84 bits per heavy atom.